The molecule has 0 bridgehead atoms. The van der Waals surface area contributed by atoms with Gasteiger partial charge >= 0.3 is 11.9 Å². The molecule has 1 fully saturated rings. The maximum absolute atomic E-state index is 13.6. The SMILES string of the molecule is Cc1ccc(O)c2c1C13CCN(C)[C@H](C)[C@]1(O)CC=C(OC(=O)[C@@H](OC(=O)CCN)c1ccccc1)C3O2. The van der Waals surface area contributed by atoms with Crippen molar-refractivity contribution < 1.29 is 34.0 Å². The van der Waals surface area contributed by atoms with Gasteiger partial charge in [0.15, 0.2) is 17.6 Å². The molecule has 1 spiro atoms. The van der Waals surface area contributed by atoms with Gasteiger partial charge in [-0.05, 0) is 51.6 Å². The average molecular weight is 523 g/mol. The van der Waals surface area contributed by atoms with Crippen LogP contribution in [0.2, 0.25) is 0 Å². The quantitative estimate of drug-likeness (QED) is 0.490. The molecule has 202 valence electrons. The van der Waals surface area contributed by atoms with E-state index in [2.05, 4.69) is 4.90 Å². The van der Waals surface area contributed by atoms with Crippen LogP contribution in [0.5, 0.6) is 11.5 Å². The van der Waals surface area contributed by atoms with Crippen LogP contribution in [0.15, 0.2) is 54.3 Å². The van der Waals surface area contributed by atoms with Gasteiger partial charge in [0.2, 0.25) is 6.10 Å². The van der Waals surface area contributed by atoms with Gasteiger partial charge in [0, 0.05) is 30.1 Å². The van der Waals surface area contributed by atoms with Crippen molar-refractivity contribution in [3.8, 4) is 11.5 Å². The number of phenolic OH excluding ortho intramolecular Hbond substituents is 1. The van der Waals surface area contributed by atoms with E-state index in [1.165, 1.54) is 0 Å². The number of carbonyl (C=O) groups is 2. The predicted molar refractivity (Wildman–Crippen MR) is 138 cm³/mol. The molecule has 2 aromatic carbocycles. The topological polar surface area (TPSA) is 132 Å². The van der Waals surface area contributed by atoms with E-state index < -0.39 is 35.2 Å². The number of hydrogen-bond donors (Lipinski definition) is 3. The fraction of sp³-hybridized carbons (Fsp3) is 0.448. The number of hydrogen-bond acceptors (Lipinski definition) is 9. The van der Waals surface area contributed by atoms with Crippen molar-refractivity contribution in [2.45, 2.75) is 62.4 Å². The van der Waals surface area contributed by atoms with Gasteiger partial charge in [-0.2, -0.15) is 0 Å². The van der Waals surface area contributed by atoms with Crippen LogP contribution in [-0.2, 0) is 24.5 Å². The Morgan fingerprint density at radius 3 is 2.68 bits per heavy atom. The second kappa shape index (κ2) is 9.72. The van der Waals surface area contributed by atoms with Gasteiger partial charge in [-0.15, -0.1) is 0 Å². The Morgan fingerprint density at radius 2 is 1.97 bits per heavy atom. The monoisotopic (exact) mass is 522 g/mol. The van der Waals surface area contributed by atoms with Crippen LogP contribution in [0.25, 0.3) is 0 Å². The molecule has 9 nitrogen and oxygen atoms in total. The third-order valence-electron chi connectivity index (χ3n) is 8.46. The number of rotatable bonds is 6. The van der Waals surface area contributed by atoms with Crippen LogP contribution in [0.4, 0.5) is 0 Å². The van der Waals surface area contributed by atoms with Gasteiger partial charge in [-0.25, -0.2) is 4.79 Å². The number of nitrogens with two attached hydrogens (primary N) is 1. The number of benzene rings is 2. The molecular weight excluding hydrogens is 488 g/mol. The van der Waals surface area contributed by atoms with Crippen molar-refractivity contribution in [3.05, 3.63) is 71.0 Å². The predicted octanol–water partition coefficient (Wildman–Crippen LogP) is 2.62. The molecule has 5 rings (SSSR count). The number of fused-ring (bicyclic) bond motifs is 1. The summed E-state index contributed by atoms with van der Waals surface area (Å²) in [5.74, 6) is -0.914. The zero-order valence-electron chi connectivity index (χ0n) is 21.8. The fourth-order valence-corrected chi connectivity index (χ4v) is 6.36. The lowest BCUT2D eigenvalue weighted by Gasteiger charge is -2.58. The normalized spacial score (nSPS) is 28.7. The van der Waals surface area contributed by atoms with E-state index in [4.69, 9.17) is 19.9 Å². The summed E-state index contributed by atoms with van der Waals surface area (Å²) >= 11 is 0. The number of aryl methyl sites for hydroxylation is 1. The molecule has 2 unspecified atom stereocenters. The molecule has 4 N–H and O–H groups in total. The molecule has 9 heteroatoms. The summed E-state index contributed by atoms with van der Waals surface area (Å²) in [6.07, 6.45) is 0.203. The van der Waals surface area contributed by atoms with Crippen LogP contribution in [-0.4, -0.2) is 64.9 Å². The second-order valence-electron chi connectivity index (χ2n) is 10.5. The lowest BCUT2D eigenvalue weighted by Crippen LogP contribution is -2.71. The van der Waals surface area contributed by atoms with Crippen LogP contribution >= 0.6 is 0 Å². The van der Waals surface area contributed by atoms with Crippen molar-refractivity contribution in [3.63, 3.8) is 0 Å². The number of carbonyl (C=O) groups excluding carboxylic acids is 2. The van der Waals surface area contributed by atoms with E-state index in [1.54, 1.807) is 42.5 Å². The van der Waals surface area contributed by atoms with E-state index in [9.17, 15) is 19.8 Å². The van der Waals surface area contributed by atoms with Gasteiger partial charge in [0.05, 0.1) is 17.4 Å². The maximum Gasteiger partial charge on any atom is 0.357 e. The lowest BCUT2D eigenvalue weighted by atomic mass is 9.54. The number of esters is 2. The number of phenols is 1. The number of ether oxygens (including phenoxy) is 3. The number of aromatic hydroxyl groups is 1. The summed E-state index contributed by atoms with van der Waals surface area (Å²) < 4.78 is 17.8. The summed E-state index contributed by atoms with van der Waals surface area (Å²) in [5, 5.41) is 23.0. The van der Waals surface area contributed by atoms with Crippen molar-refractivity contribution in [1.29, 1.82) is 0 Å². The van der Waals surface area contributed by atoms with E-state index in [1.807, 2.05) is 27.0 Å². The number of likely N-dealkylation sites (N-methyl/N-ethyl adjacent to an activating group) is 1. The van der Waals surface area contributed by atoms with Crippen LogP contribution in [0, 0.1) is 6.92 Å². The van der Waals surface area contributed by atoms with E-state index in [0.29, 0.717) is 24.3 Å². The highest BCUT2D eigenvalue weighted by Gasteiger charge is 2.69. The zero-order chi connectivity index (χ0) is 27.2. The molecule has 3 aliphatic rings. The van der Waals surface area contributed by atoms with Gasteiger partial charge in [0.25, 0.3) is 0 Å². The second-order valence-corrected chi connectivity index (χ2v) is 10.5. The Hall–Kier alpha value is -3.40. The third-order valence-corrected chi connectivity index (χ3v) is 8.46. The third kappa shape index (κ3) is 3.88. The first kappa shape index (κ1) is 26.2. The molecule has 5 atom stereocenters. The minimum Gasteiger partial charge on any atom is -0.504 e. The molecule has 1 aliphatic carbocycles. The minimum absolute atomic E-state index is 0.0353. The highest BCUT2D eigenvalue weighted by atomic mass is 16.6. The molecule has 0 radical (unpaired) electrons. The summed E-state index contributed by atoms with van der Waals surface area (Å²) in [4.78, 5) is 28.0. The first-order chi connectivity index (χ1) is 18.1. The van der Waals surface area contributed by atoms with Crippen molar-refractivity contribution in [1.82, 2.24) is 4.90 Å². The molecule has 2 aliphatic heterocycles. The van der Waals surface area contributed by atoms with Crippen molar-refractivity contribution in [2.75, 3.05) is 20.1 Å². The summed E-state index contributed by atoms with van der Waals surface area (Å²) in [6.45, 7) is 4.66. The number of aliphatic hydroxyl groups is 1. The smallest absolute Gasteiger partial charge is 0.357 e. The largest absolute Gasteiger partial charge is 0.504 e. The Balaban J connectivity index is 1.55. The summed E-state index contributed by atoms with van der Waals surface area (Å²) in [7, 11) is 1.97. The van der Waals surface area contributed by atoms with E-state index >= 15 is 0 Å². The van der Waals surface area contributed by atoms with Crippen LogP contribution < -0.4 is 10.5 Å². The number of piperidine rings is 1. The Morgan fingerprint density at radius 1 is 1.24 bits per heavy atom. The Labute approximate surface area is 221 Å². The zero-order valence-corrected chi connectivity index (χ0v) is 21.8. The van der Waals surface area contributed by atoms with Crippen LogP contribution in [0.3, 0.4) is 0 Å². The molecular formula is C29H34N2O7. The Bertz CT molecular complexity index is 1280. The van der Waals surface area contributed by atoms with Gasteiger partial charge in [-0.1, -0.05) is 36.4 Å². The van der Waals surface area contributed by atoms with Crippen molar-refractivity contribution >= 4 is 11.9 Å². The fourth-order valence-electron chi connectivity index (χ4n) is 6.36. The van der Waals surface area contributed by atoms with E-state index in [0.717, 1.165) is 11.1 Å². The number of nitrogens with zero attached hydrogens (tertiary/aromatic N) is 1. The molecule has 38 heavy (non-hydrogen) atoms. The standard InChI is InChI=1S/C29H34N2O7/c1-17-9-10-20(32)25-23(17)28-14-16-31(3)18(2)29(28,35)13-11-21(26(28)38-25)36-27(34)24(37-22(33)12-15-30)19-7-5-4-6-8-19/h4-11,18,24,26,32,35H,12-16,30H2,1-3H3/t18-,24+,26?,28?,29-/m1/s1. The first-order valence-corrected chi connectivity index (χ1v) is 12.9. The van der Waals surface area contributed by atoms with E-state index in [-0.39, 0.29) is 36.9 Å². The highest BCUT2D eigenvalue weighted by Crippen LogP contribution is 2.62. The molecule has 2 aromatic rings. The van der Waals surface area contributed by atoms with Gasteiger partial charge < -0.3 is 35.1 Å². The lowest BCUT2D eigenvalue weighted by molar-refractivity contribution is -0.173. The first-order valence-electron chi connectivity index (χ1n) is 12.9. The van der Waals surface area contributed by atoms with Crippen molar-refractivity contribution in [2.24, 2.45) is 5.73 Å². The maximum atomic E-state index is 13.6. The molecule has 1 saturated heterocycles. The minimum atomic E-state index is -1.30. The average Bonchev–Trinajstić information content (AvgIpc) is 3.27. The number of likely N-dealkylation sites (tertiary alicyclic amines) is 1. The molecule has 0 aromatic heterocycles. The summed E-state index contributed by atoms with van der Waals surface area (Å²) in [6, 6.07) is 11.8. The summed E-state index contributed by atoms with van der Waals surface area (Å²) in [5.41, 5.74) is 5.36. The Kier molecular flexibility index (Phi) is 6.71. The highest BCUT2D eigenvalue weighted by molar-refractivity contribution is 5.82. The molecule has 2 heterocycles. The van der Waals surface area contributed by atoms with Gasteiger partial charge in [-0.3, -0.25) is 4.79 Å². The molecule has 0 saturated carbocycles. The van der Waals surface area contributed by atoms with Crippen LogP contribution in [0.1, 0.15) is 49.0 Å². The molecule has 0 amide bonds. The van der Waals surface area contributed by atoms with Gasteiger partial charge in [0.1, 0.15) is 5.76 Å².